The predicted octanol–water partition coefficient (Wildman–Crippen LogP) is 4.74. The highest BCUT2D eigenvalue weighted by Crippen LogP contribution is 2.50. The number of hydrogen-bond donors (Lipinski definition) is 0. The molecule has 2 heteroatoms. The monoisotopic (exact) mass is 340 g/mol. The maximum absolute atomic E-state index is 2.91. The van der Waals surface area contributed by atoms with Crippen LogP contribution in [-0.4, -0.2) is 48.6 Å². The molecule has 0 aromatic heterocycles. The van der Waals surface area contributed by atoms with Crippen LogP contribution in [0, 0.1) is 5.41 Å². The minimum atomic E-state index is 0.441. The Hall–Kier alpha value is -0.860. The van der Waals surface area contributed by atoms with E-state index in [-0.39, 0.29) is 0 Å². The zero-order chi connectivity index (χ0) is 17.2. The van der Waals surface area contributed by atoms with Crippen LogP contribution in [0.15, 0.2) is 30.3 Å². The van der Waals surface area contributed by atoms with Crippen LogP contribution in [-0.2, 0) is 6.42 Å². The van der Waals surface area contributed by atoms with E-state index in [1.54, 1.807) is 5.56 Å². The number of rotatable bonds is 3. The Kier molecular flexibility index (Phi) is 5.20. The highest BCUT2D eigenvalue weighted by molar-refractivity contribution is 5.19. The second-order valence-electron chi connectivity index (χ2n) is 9.24. The van der Waals surface area contributed by atoms with Crippen LogP contribution in [0.5, 0.6) is 0 Å². The smallest absolute Gasteiger partial charge is 0.0250 e. The van der Waals surface area contributed by atoms with Gasteiger partial charge in [0.05, 0.1) is 0 Å². The van der Waals surface area contributed by atoms with Crippen LogP contribution in [0.25, 0.3) is 0 Å². The molecule has 2 aliphatic heterocycles. The molecule has 0 N–H and O–H groups in total. The molecule has 1 aliphatic carbocycles. The Bertz CT molecular complexity index is 528. The van der Waals surface area contributed by atoms with Gasteiger partial charge in [-0.25, -0.2) is 0 Å². The normalized spacial score (nSPS) is 27.4. The molecule has 4 rings (SSSR count). The molecule has 0 bridgehead atoms. The summed E-state index contributed by atoms with van der Waals surface area (Å²) >= 11 is 0. The first-order chi connectivity index (χ1) is 12.2. The molecular weight excluding hydrogens is 304 g/mol. The summed E-state index contributed by atoms with van der Waals surface area (Å²) in [7, 11) is 2.29. The molecule has 1 spiro atoms. The van der Waals surface area contributed by atoms with Gasteiger partial charge in [-0.05, 0) is 102 Å². The van der Waals surface area contributed by atoms with Crippen molar-refractivity contribution in [3.8, 4) is 0 Å². The van der Waals surface area contributed by atoms with Crippen LogP contribution in [0.4, 0.5) is 0 Å². The Labute approximate surface area is 154 Å². The van der Waals surface area contributed by atoms with E-state index in [9.17, 15) is 0 Å². The summed E-state index contributed by atoms with van der Waals surface area (Å²) in [6, 6.07) is 11.3. The van der Waals surface area contributed by atoms with Crippen molar-refractivity contribution in [1.29, 1.82) is 0 Å². The Balaban J connectivity index is 1.51. The maximum atomic E-state index is 2.91. The summed E-state index contributed by atoms with van der Waals surface area (Å²) < 4.78 is 0. The summed E-state index contributed by atoms with van der Waals surface area (Å²) in [6.07, 6.45) is 14.2. The van der Waals surface area contributed by atoms with E-state index in [1.165, 1.54) is 90.4 Å². The van der Waals surface area contributed by atoms with Crippen LogP contribution >= 0.6 is 0 Å². The molecule has 1 saturated carbocycles. The van der Waals surface area contributed by atoms with Gasteiger partial charge in [0.2, 0.25) is 0 Å². The number of hydrogen-bond acceptors (Lipinski definition) is 2. The standard InChI is InChI=1S/C23H36N2/c1-24-18-14-22(15-19-24)10-12-23(13-11-22,25-16-6-3-7-17-25)20-21-8-4-2-5-9-21/h2,4-5,8-9H,3,6-7,10-20H2,1H3. The van der Waals surface area contributed by atoms with Gasteiger partial charge in [0.1, 0.15) is 0 Å². The van der Waals surface area contributed by atoms with Crippen LogP contribution in [0.3, 0.4) is 0 Å². The lowest BCUT2D eigenvalue weighted by atomic mass is 9.61. The van der Waals surface area contributed by atoms with Gasteiger partial charge in [0.15, 0.2) is 0 Å². The number of piperidine rings is 2. The molecule has 3 fully saturated rings. The van der Waals surface area contributed by atoms with Gasteiger partial charge in [-0.1, -0.05) is 36.8 Å². The van der Waals surface area contributed by atoms with E-state index in [0.29, 0.717) is 11.0 Å². The van der Waals surface area contributed by atoms with Crippen LogP contribution in [0.2, 0.25) is 0 Å². The molecule has 138 valence electrons. The lowest BCUT2D eigenvalue weighted by Gasteiger charge is -2.54. The van der Waals surface area contributed by atoms with Gasteiger partial charge in [0, 0.05) is 5.54 Å². The lowest BCUT2D eigenvalue weighted by Crippen LogP contribution is -2.56. The fraction of sp³-hybridized carbons (Fsp3) is 0.739. The highest BCUT2D eigenvalue weighted by Gasteiger charge is 2.46. The Morgan fingerprint density at radius 3 is 2.04 bits per heavy atom. The maximum Gasteiger partial charge on any atom is 0.0250 e. The second-order valence-corrected chi connectivity index (χ2v) is 9.24. The average Bonchev–Trinajstić information content (AvgIpc) is 2.68. The number of nitrogens with zero attached hydrogens (tertiary/aromatic N) is 2. The largest absolute Gasteiger partial charge is 0.306 e. The molecule has 25 heavy (non-hydrogen) atoms. The van der Waals surface area contributed by atoms with Crippen molar-refractivity contribution in [3.63, 3.8) is 0 Å². The fourth-order valence-electron chi connectivity index (χ4n) is 5.79. The molecule has 0 atom stereocenters. The SMILES string of the molecule is CN1CCC2(CC1)CCC(Cc1ccccc1)(N1CCCCC1)CC2. The summed E-state index contributed by atoms with van der Waals surface area (Å²) in [5.74, 6) is 0. The van der Waals surface area contributed by atoms with Gasteiger partial charge in [-0.3, -0.25) is 4.90 Å². The van der Waals surface area contributed by atoms with E-state index in [0.717, 1.165) is 0 Å². The topological polar surface area (TPSA) is 6.48 Å². The third-order valence-electron chi connectivity index (χ3n) is 7.69. The van der Waals surface area contributed by atoms with Crippen molar-refractivity contribution in [1.82, 2.24) is 9.80 Å². The molecular formula is C23H36N2. The van der Waals surface area contributed by atoms with Crippen molar-refractivity contribution >= 4 is 0 Å². The van der Waals surface area contributed by atoms with Crippen molar-refractivity contribution in [2.24, 2.45) is 5.41 Å². The van der Waals surface area contributed by atoms with Gasteiger partial charge >= 0.3 is 0 Å². The van der Waals surface area contributed by atoms with E-state index >= 15 is 0 Å². The molecule has 0 amide bonds. The minimum absolute atomic E-state index is 0.441. The first-order valence-electron chi connectivity index (χ1n) is 10.7. The summed E-state index contributed by atoms with van der Waals surface area (Å²) in [5, 5.41) is 0. The minimum Gasteiger partial charge on any atom is -0.306 e. The molecule has 1 aromatic rings. The zero-order valence-corrected chi connectivity index (χ0v) is 16.2. The second kappa shape index (κ2) is 7.40. The van der Waals surface area contributed by atoms with Crippen molar-refractivity contribution in [2.45, 2.75) is 69.7 Å². The van der Waals surface area contributed by atoms with E-state index in [4.69, 9.17) is 0 Å². The highest BCUT2D eigenvalue weighted by atomic mass is 15.2. The molecule has 3 aliphatic rings. The molecule has 2 saturated heterocycles. The zero-order valence-electron chi connectivity index (χ0n) is 16.2. The molecule has 0 unspecified atom stereocenters. The quantitative estimate of drug-likeness (QED) is 0.784. The van der Waals surface area contributed by atoms with Crippen molar-refractivity contribution in [3.05, 3.63) is 35.9 Å². The Morgan fingerprint density at radius 2 is 1.40 bits per heavy atom. The lowest BCUT2D eigenvalue weighted by molar-refractivity contribution is -0.0241. The van der Waals surface area contributed by atoms with Gasteiger partial charge in [0.25, 0.3) is 0 Å². The van der Waals surface area contributed by atoms with E-state index < -0.39 is 0 Å². The van der Waals surface area contributed by atoms with Crippen LogP contribution < -0.4 is 0 Å². The Morgan fingerprint density at radius 1 is 0.760 bits per heavy atom. The molecule has 2 nitrogen and oxygen atoms in total. The number of likely N-dealkylation sites (tertiary alicyclic amines) is 2. The summed E-state index contributed by atoms with van der Waals surface area (Å²) in [6.45, 7) is 5.30. The first-order valence-corrected chi connectivity index (χ1v) is 10.7. The van der Waals surface area contributed by atoms with E-state index in [2.05, 4.69) is 47.2 Å². The summed E-state index contributed by atoms with van der Waals surface area (Å²) in [4.78, 5) is 5.44. The third-order valence-corrected chi connectivity index (χ3v) is 7.69. The third kappa shape index (κ3) is 3.80. The van der Waals surface area contributed by atoms with Crippen molar-refractivity contribution in [2.75, 3.05) is 33.2 Å². The molecule has 0 radical (unpaired) electrons. The molecule has 2 heterocycles. The molecule has 1 aromatic carbocycles. The van der Waals surface area contributed by atoms with Gasteiger partial charge in [-0.15, -0.1) is 0 Å². The first kappa shape index (κ1) is 17.5. The average molecular weight is 341 g/mol. The fourth-order valence-corrected chi connectivity index (χ4v) is 5.79. The predicted molar refractivity (Wildman–Crippen MR) is 106 cm³/mol. The number of benzene rings is 1. The van der Waals surface area contributed by atoms with E-state index in [1.807, 2.05) is 0 Å². The van der Waals surface area contributed by atoms with Gasteiger partial charge < -0.3 is 4.90 Å². The van der Waals surface area contributed by atoms with Crippen LogP contribution in [0.1, 0.15) is 63.4 Å². The van der Waals surface area contributed by atoms with Crippen molar-refractivity contribution < 1.29 is 0 Å². The van der Waals surface area contributed by atoms with Gasteiger partial charge in [-0.2, -0.15) is 0 Å². The summed E-state index contributed by atoms with van der Waals surface area (Å²) in [5.41, 5.74) is 2.66.